The third-order valence-corrected chi connectivity index (χ3v) is 5.29. The standard InChI is InChI=1S/C29H32N2O4/c1-29(2,3)31-27(33)24-17-11-10-16-23(24)19-26(32)25(18-21-12-6-4-7-13-21)30-28(34)35-20-22-14-8-5-9-15-22/h4-17,25H,18-20H2,1-3H3,(H,30,34)(H,31,33). The lowest BCUT2D eigenvalue weighted by atomic mass is 9.95. The van der Waals surface area contributed by atoms with Gasteiger partial charge in [0.15, 0.2) is 5.78 Å². The lowest BCUT2D eigenvalue weighted by Crippen LogP contribution is -2.44. The maximum absolute atomic E-state index is 13.4. The number of hydrogen-bond donors (Lipinski definition) is 2. The van der Waals surface area contributed by atoms with Crippen molar-refractivity contribution in [3.8, 4) is 0 Å². The van der Waals surface area contributed by atoms with E-state index in [4.69, 9.17) is 4.74 Å². The summed E-state index contributed by atoms with van der Waals surface area (Å²) in [6.45, 7) is 5.81. The van der Waals surface area contributed by atoms with Crippen molar-refractivity contribution in [1.82, 2.24) is 10.6 Å². The maximum atomic E-state index is 13.4. The molecule has 0 spiro atoms. The molecule has 0 fully saturated rings. The first-order chi connectivity index (χ1) is 16.7. The van der Waals surface area contributed by atoms with E-state index in [1.165, 1.54) is 0 Å². The van der Waals surface area contributed by atoms with Crippen LogP contribution in [0.2, 0.25) is 0 Å². The molecule has 2 N–H and O–H groups in total. The molecule has 35 heavy (non-hydrogen) atoms. The van der Waals surface area contributed by atoms with Crippen LogP contribution in [0.5, 0.6) is 0 Å². The predicted octanol–water partition coefficient (Wildman–Crippen LogP) is 4.86. The first-order valence-corrected chi connectivity index (χ1v) is 11.7. The monoisotopic (exact) mass is 472 g/mol. The van der Waals surface area contributed by atoms with E-state index in [1.54, 1.807) is 24.3 Å². The highest BCUT2D eigenvalue weighted by atomic mass is 16.5. The highest BCUT2D eigenvalue weighted by Gasteiger charge is 2.25. The molecule has 3 aromatic carbocycles. The molecule has 0 radical (unpaired) electrons. The van der Waals surface area contributed by atoms with Gasteiger partial charge in [-0.2, -0.15) is 0 Å². The first kappa shape index (κ1) is 25.7. The van der Waals surface area contributed by atoms with E-state index < -0.39 is 17.7 Å². The molecule has 0 saturated carbocycles. The molecule has 0 aliphatic carbocycles. The Morgan fingerprint density at radius 1 is 0.800 bits per heavy atom. The summed E-state index contributed by atoms with van der Waals surface area (Å²) in [6, 6.07) is 25.0. The Bertz CT molecular complexity index is 1140. The van der Waals surface area contributed by atoms with Gasteiger partial charge in [0.2, 0.25) is 0 Å². The van der Waals surface area contributed by atoms with Crippen molar-refractivity contribution in [1.29, 1.82) is 0 Å². The van der Waals surface area contributed by atoms with Gasteiger partial charge in [0.25, 0.3) is 5.91 Å². The zero-order valence-electron chi connectivity index (χ0n) is 20.4. The summed E-state index contributed by atoms with van der Waals surface area (Å²) in [5.41, 5.74) is 2.41. The summed E-state index contributed by atoms with van der Waals surface area (Å²) < 4.78 is 5.35. The van der Waals surface area contributed by atoms with Gasteiger partial charge in [0.05, 0.1) is 6.04 Å². The minimum Gasteiger partial charge on any atom is -0.445 e. The summed E-state index contributed by atoms with van der Waals surface area (Å²) in [5, 5.41) is 5.67. The van der Waals surface area contributed by atoms with Gasteiger partial charge >= 0.3 is 6.09 Å². The lowest BCUT2D eigenvalue weighted by molar-refractivity contribution is -0.120. The summed E-state index contributed by atoms with van der Waals surface area (Å²) in [5.74, 6) is -0.447. The topological polar surface area (TPSA) is 84.5 Å². The van der Waals surface area contributed by atoms with Gasteiger partial charge in [-0.3, -0.25) is 9.59 Å². The van der Waals surface area contributed by atoms with Crippen LogP contribution in [-0.4, -0.2) is 29.4 Å². The molecule has 6 nitrogen and oxygen atoms in total. The number of Topliss-reactive ketones (excluding diaryl/α,β-unsaturated/α-hetero) is 1. The smallest absolute Gasteiger partial charge is 0.408 e. The van der Waals surface area contributed by atoms with Crippen LogP contribution in [0.25, 0.3) is 0 Å². The Hall–Kier alpha value is -3.93. The van der Waals surface area contributed by atoms with E-state index in [-0.39, 0.29) is 24.7 Å². The van der Waals surface area contributed by atoms with Crippen molar-refractivity contribution in [2.75, 3.05) is 0 Å². The van der Waals surface area contributed by atoms with Crippen LogP contribution < -0.4 is 10.6 Å². The van der Waals surface area contributed by atoms with Crippen molar-refractivity contribution < 1.29 is 19.1 Å². The van der Waals surface area contributed by atoms with E-state index in [0.29, 0.717) is 17.5 Å². The Morgan fingerprint density at radius 2 is 1.37 bits per heavy atom. The molecule has 182 valence electrons. The molecule has 6 heteroatoms. The van der Waals surface area contributed by atoms with Crippen LogP contribution in [0.1, 0.15) is 47.8 Å². The second-order valence-electron chi connectivity index (χ2n) is 9.45. The predicted molar refractivity (Wildman–Crippen MR) is 136 cm³/mol. The van der Waals surface area contributed by atoms with Crippen molar-refractivity contribution in [3.05, 3.63) is 107 Å². The Kier molecular flexibility index (Phi) is 8.79. The second-order valence-corrected chi connectivity index (χ2v) is 9.45. The number of ketones is 1. The SMILES string of the molecule is CC(C)(C)NC(=O)c1ccccc1CC(=O)C(Cc1ccccc1)NC(=O)OCc1ccccc1. The molecule has 0 saturated heterocycles. The molecular weight excluding hydrogens is 440 g/mol. The van der Waals surface area contributed by atoms with Crippen LogP contribution in [0.4, 0.5) is 4.79 Å². The summed E-state index contributed by atoms with van der Waals surface area (Å²) >= 11 is 0. The Labute approximate surface area is 206 Å². The van der Waals surface area contributed by atoms with E-state index in [1.807, 2.05) is 81.4 Å². The quantitative estimate of drug-likeness (QED) is 0.466. The zero-order chi connectivity index (χ0) is 25.3. The van der Waals surface area contributed by atoms with Gasteiger partial charge < -0.3 is 15.4 Å². The highest BCUT2D eigenvalue weighted by molar-refractivity contribution is 5.98. The van der Waals surface area contributed by atoms with E-state index in [9.17, 15) is 14.4 Å². The van der Waals surface area contributed by atoms with Crippen molar-refractivity contribution >= 4 is 17.8 Å². The molecule has 0 aliphatic rings. The Balaban J connectivity index is 1.74. The summed E-state index contributed by atoms with van der Waals surface area (Å²) in [6.07, 6.45) is -0.345. The number of carbonyl (C=O) groups excluding carboxylic acids is 3. The lowest BCUT2D eigenvalue weighted by Gasteiger charge is -2.22. The van der Waals surface area contributed by atoms with Crippen molar-refractivity contribution in [2.45, 2.75) is 51.8 Å². The molecule has 0 heterocycles. The number of nitrogens with one attached hydrogen (secondary N) is 2. The summed E-state index contributed by atoms with van der Waals surface area (Å²) in [4.78, 5) is 38.7. The molecule has 3 rings (SSSR count). The van der Waals surface area contributed by atoms with Crippen molar-refractivity contribution in [3.63, 3.8) is 0 Å². The van der Waals surface area contributed by atoms with Gasteiger partial charge in [-0.05, 0) is 49.9 Å². The molecule has 1 atom stereocenters. The summed E-state index contributed by atoms with van der Waals surface area (Å²) in [7, 11) is 0. The number of rotatable bonds is 9. The number of hydrogen-bond acceptors (Lipinski definition) is 4. The first-order valence-electron chi connectivity index (χ1n) is 11.7. The van der Waals surface area contributed by atoms with Crippen LogP contribution >= 0.6 is 0 Å². The molecule has 2 amide bonds. The van der Waals surface area contributed by atoms with Gasteiger partial charge in [0.1, 0.15) is 6.61 Å². The fourth-order valence-electron chi connectivity index (χ4n) is 3.62. The van der Waals surface area contributed by atoms with Gasteiger partial charge in [0, 0.05) is 17.5 Å². The van der Waals surface area contributed by atoms with Crippen LogP contribution in [-0.2, 0) is 29.0 Å². The van der Waals surface area contributed by atoms with Crippen LogP contribution in [0.15, 0.2) is 84.9 Å². The molecule has 1 unspecified atom stereocenters. The highest BCUT2D eigenvalue weighted by Crippen LogP contribution is 2.15. The van der Waals surface area contributed by atoms with Crippen LogP contribution in [0, 0.1) is 0 Å². The van der Waals surface area contributed by atoms with Crippen LogP contribution in [0.3, 0.4) is 0 Å². The molecular formula is C29H32N2O4. The van der Waals surface area contributed by atoms with E-state index in [0.717, 1.165) is 11.1 Å². The molecule has 0 bridgehead atoms. The minimum atomic E-state index is -0.806. The number of alkyl carbamates (subject to hydrolysis) is 1. The van der Waals surface area contributed by atoms with Gasteiger partial charge in [-0.1, -0.05) is 78.9 Å². The number of benzene rings is 3. The zero-order valence-corrected chi connectivity index (χ0v) is 20.4. The average Bonchev–Trinajstić information content (AvgIpc) is 2.83. The number of amides is 2. The fraction of sp³-hybridized carbons (Fsp3) is 0.276. The third-order valence-electron chi connectivity index (χ3n) is 5.29. The van der Waals surface area contributed by atoms with Crippen molar-refractivity contribution in [2.24, 2.45) is 0 Å². The minimum absolute atomic E-state index is 0.00417. The van der Waals surface area contributed by atoms with E-state index in [2.05, 4.69) is 10.6 Å². The normalized spacial score (nSPS) is 11.9. The molecule has 0 aliphatic heterocycles. The number of carbonyl (C=O) groups is 3. The van der Waals surface area contributed by atoms with E-state index >= 15 is 0 Å². The molecule has 0 aromatic heterocycles. The number of ether oxygens (including phenoxy) is 1. The maximum Gasteiger partial charge on any atom is 0.408 e. The molecule has 3 aromatic rings. The van der Waals surface area contributed by atoms with Gasteiger partial charge in [-0.25, -0.2) is 4.79 Å². The third kappa shape index (κ3) is 8.41. The fourth-order valence-corrected chi connectivity index (χ4v) is 3.62. The largest absolute Gasteiger partial charge is 0.445 e. The average molecular weight is 473 g/mol. The van der Waals surface area contributed by atoms with Gasteiger partial charge in [-0.15, -0.1) is 0 Å². The second kappa shape index (κ2) is 12.0. The Morgan fingerprint density at radius 3 is 2.00 bits per heavy atom.